The molecule has 108 valence electrons. The van der Waals surface area contributed by atoms with E-state index in [0.717, 1.165) is 17.4 Å². The molecule has 0 saturated carbocycles. The maximum atomic E-state index is 11.6. The molecule has 0 aromatic heterocycles. The topological polar surface area (TPSA) is 55.4 Å². The summed E-state index contributed by atoms with van der Waals surface area (Å²) in [6.07, 6.45) is 0. The van der Waals surface area contributed by atoms with Crippen LogP contribution in [0.1, 0.15) is 13.8 Å². The molecule has 0 bridgehead atoms. The predicted octanol–water partition coefficient (Wildman–Crippen LogP) is 3.29. The Morgan fingerprint density at radius 1 is 1.40 bits per heavy atom. The Labute approximate surface area is 132 Å². The number of ketones is 1. The zero-order chi connectivity index (χ0) is 15.1. The van der Waals surface area contributed by atoms with Gasteiger partial charge in [-0.25, -0.2) is 0 Å². The minimum atomic E-state index is -0.942. The van der Waals surface area contributed by atoms with Crippen LogP contribution in [0.4, 0.5) is 5.69 Å². The van der Waals surface area contributed by atoms with Gasteiger partial charge in [0.25, 0.3) is 0 Å². The van der Waals surface area contributed by atoms with Crippen molar-refractivity contribution in [3.8, 4) is 0 Å². The highest BCUT2D eigenvalue weighted by Crippen LogP contribution is 2.20. The Morgan fingerprint density at radius 2 is 2.00 bits per heavy atom. The molecule has 4 nitrogen and oxygen atoms in total. The Hall–Kier alpha value is -1.11. The molecule has 0 radical (unpaired) electrons. The lowest BCUT2D eigenvalue weighted by Gasteiger charge is -2.13. The van der Waals surface area contributed by atoms with Gasteiger partial charge in [-0.2, -0.15) is 0 Å². The fraction of sp³-hybridized carbons (Fsp3) is 0.308. The SMILES string of the molecule is CCOC(=O)C(SC(=S)Nc1ccc(Cl)cc1)C(C)=O. The number of carbonyl (C=O) groups is 2. The van der Waals surface area contributed by atoms with E-state index in [2.05, 4.69) is 5.32 Å². The number of hydrogen-bond donors (Lipinski definition) is 1. The van der Waals surface area contributed by atoms with E-state index < -0.39 is 11.2 Å². The molecule has 0 aliphatic carbocycles. The molecule has 1 N–H and O–H groups in total. The average molecular weight is 332 g/mol. The summed E-state index contributed by atoms with van der Waals surface area (Å²) in [6, 6.07) is 6.93. The summed E-state index contributed by atoms with van der Waals surface area (Å²) in [4.78, 5) is 23.1. The summed E-state index contributed by atoms with van der Waals surface area (Å²) in [6.45, 7) is 3.24. The molecule has 1 atom stereocenters. The first-order valence-electron chi connectivity index (χ1n) is 5.84. The number of carbonyl (C=O) groups excluding carboxylic acids is 2. The smallest absolute Gasteiger partial charge is 0.327 e. The molecule has 1 rings (SSSR count). The van der Waals surface area contributed by atoms with Crippen molar-refractivity contribution in [3.05, 3.63) is 29.3 Å². The zero-order valence-electron chi connectivity index (χ0n) is 11.0. The van der Waals surface area contributed by atoms with Crippen LogP contribution in [0, 0.1) is 0 Å². The van der Waals surface area contributed by atoms with Crippen LogP contribution in [0.2, 0.25) is 5.02 Å². The largest absolute Gasteiger partial charge is 0.465 e. The van der Waals surface area contributed by atoms with Crippen LogP contribution in [0.25, 0.3) is 0 Å². The molecule has 7 heteroatoms. The molecule has 1 aromatic rings. The van der Waals surface area contributed by atoms with Gasteiger partial charge in [0, 0.05) is 10.7 Å². The second kappa shape index (κ2) is 8.24. The van der Waals surface area contributed by atoms with Crippen molar-refractivity contribution in [2.24, 2.45) is 0 Å². The number of rotatable bonds is 5. The third-order valence-electron chi connectivity index (χ3n) is 2.19. The molecule has 0 fully saturated rings. The van der Waals surface area contributed by atoms with E-state index in [-0.39, 0.29) is 12.4 Å². The number of hydrogen-bond acceptors (Lipinski definition) is 5. The van der Waals surface area contributed by atoms with Crippen LogP contribution >= 0.6 is 35.6 Å². The Balaban J connectivity index is 2.64. The second-order valence-corrected chi connectivity index (χ2v) is 6.00. The number of anilines is 1. The molecular formula is C13H14ClNO3S2. The monoisotopic (exact) mass is 331 g/mol. The van der Waals surface area contributed by atoms with Crippen LogP contribution in [0.5, 0.6) is 0 Å². The van der Waals surface area contributed by atoms with Crippen LogP contribution in [-0.4, -0.2) is 27.9 Å². The number of ether oxygens (including phenoxy) is 1. The number of benzene rings is 1. The summed E-state index contributed by atoms with van der Waals surface area (Å²) < 4.78 is 5.17. The van der Waals surface area contributed by atoms with Crippen molar-refractivity contribution < 1.29 is 14.3 Å². The minimum absolute atomic E-state index is 0.223. The van der Waals surface area contributed by atoms with Gasteiger partial charge in [-0.05, 0) is 38.1 Å². The van der Waals surface area contributed by atoms with Gasteiger partial charge in [-0.1, -0.05) is 35.6 Å². The number of thioether (sulfide) groups is 1. The van der Waals surface area contributed by atoms with Gasteiger partial charge in [-0.3, -0.25) is 9.59 Å². The minimum Gasteiger partial charge on any atom is -0.465 e. The van der Waals surface area contributed by atoms with Gasteiger partial charge < -0.3 is 10.1 Å². The van der Waals surface area contributed by atoms with E-state index in [1.54, 1.807) is 31.2 Å². The van der Waals surface area contributed by atoms with E-state index in [0.29, 0.717) is 9.34 Å². The Morgan fingerprint density at radius 3 is 2.50 bits per heavy atom. The number of nitrogens with one attached hydrogen (secondary N) is 1. The summed E-state index contributed by atoms with van der Waals surface area (Å²) in [5, 5.41) is 2.60. The third kappa shape index (κ3) is 5.48. The highest BCUT2D eigenvalue weighted by atomic mass is 35.5. The summed E-state index contributed by atoms with van der Waals surface area (Å²) in [5.74, 6) is -0.876. The maximum absolute atomic E-state index is 11.6. The lowest BCUT2D eigenvalue weighted by molar-refractivity contribution is -0.144. The molecule has 0 amide bonds. The molecular weight excluding hydrogens is 318 g/mol. The molecule has 0 saturated heterocycles. The van der Waals surface area contributed by atoms with Crippen molar-refractivity contribution in [1.82, 2.24) is 0 Å². The maximum Gasteiger partial charge on any atom is 0.327 e. The first kappa shape index (κ1) is 16.9. The van der Waals surface area contributed by atoms with E-state index in [1.165, 1.54) is 6.92 Å². The standard InChI is InChI=1S/C13H14ClNO3S2/c1-3-18-12(17)11(8(2)16)20-13(19)15-10-6-4-9(14)5-7-10/h4-7,11H,3H2,1-2H3,(H,15,19). The lowest BCUT2D eigenvalue weighted by atomic mass is 10.3. The van der Waals surface area contributed by atoms with Gasteiger partial charge in [0.2, 0.25) is 0 Å². The van der Waals surface area contributed by atoms with Crippen LogP contribution in [0.15, 0.2) is 24.3 Å². The first-order chi connectivity index (χ1) is 9.43. The summed E-state index contributed by atoms with van der Waals surface area (Å²) >= 11 is 11.9. The summed E-state index contributed by atoms with van der Waals surface area (Å²) in [7, 11) is 0. The van der Waals surface area contributed by atoms with E-state index in [9.17, 15) is 9.59 Å². The van der Waals surface area contributed by atoms with Gasteiger partial charge in [0.05, 0.1) is 6.61 Å². The lowest BCUT2D eigenvalue weighted by Crippen LogP contribution is -2.29. The molecule has 0 heterocycles. The van der Waals surface area contributed by atoms with Crippen LogP contribution < -0.4 is 5.32 Å². The molecule has 1 unspecified atom stereocenters. The highest BCUT2D eigenvalue weighted by Gasteiger charge is 2.27. The van der Waals surface area contributed by atoms with Crippen molar-refractivity contribution in [3.63, 3.8) is 0 Å². The third-order valence-corrected chi connectivity index (χ3v) is 3.90. The van der Waals surface area contributed by atoms with E-state index in [1.807, 2.05) is 0 Å². The van der Waals surface area contributed by atoms with Crippen LogP contribution in [-0.2, 0) is 14.3 Å². The van der Waals surface area contributed by atoms with Crippen molar-refractivity contribution >= 4 is 57.3 Å². The number of halogens is 1. The molecule has 0 aliphatic rings. The van der Waals surface area contributed by atoms with Crippen LogP contribution in [0.3, 0.4) is 0 Å². The fourth-order valence-electron chi connectivity index (χ4n) is 1.30. The predicted molar refractivity (Wildman–Crippen MR) is 86.4 cm³/mol. The normalized spacial score (nSPS) is 11.6. The van der Waals surface area contributed by atoms with Gasteiger partial charge >= 0.3 is 5.97 Å². The quantitative estimate of drug-likeness (QED) is 0.507. The van der Waals surface area contributed by atoms with Crippen molar-refractivity contribution in [2.75, 3.05) is 11.9 Å². The molecule has 0 aliphatic heterocycles. The number of thiocarbonyl (C=S) groups is 1. The fourth-order valence-corrected chi connectivity index (χ4v) is 2.56. The zero-order valence-corrected chi connectivity index (χ0v) is 13.4. The highest BCUT2D eigenvalue weighted by molar-refractivity contribution is 8.24. The first-order valence-corrected chi connectivity index (χ1v) is 7.51. The van der Waals surface area contributed by atoms with Crippen molar-refractivity contribution in [1.29, 1.82) is 0 Å². The van der Waals surface area contributed by atoms with Gasteiger partial charge in [0.1, 0.15) is 4.32 Å². The Bertz CT molecular complexity index is 505. The Kier molecular flexibility index (Phi) is 6.98. The summed E-state index contributed by atoms with van der Waals surface area (Å²) in [5.41, 5.74) is 0.734. The van der Waals surface area contributed by atoms with E-state index >= 15 is 0 Å². The second-order valence-electron chi connectivity index (χ2n) is 3.78. The van der Waals surface area contributed by atoms with E-state index in [4.69, 9.17) is 28.6 Å². The van der Waals surface area contributed by atoms with Crippen molar-refractivity contribution in [2.45, 2.75) is 19.1 Å². The molecule has 1 aromatic carbocycles. The number of Topliss-reactive ketones (excluding diaryl/α,β-unsaturated/α-hetero) is 1. The average Bonchev–Trinajstić information content (AvgIpc) is 2.38. The molecule has 0 spiro atoms. The number of esters is 1. The molecule has 20 heavy (non-hydrogen) atoms. The van der Waals surface area contributed by atoms with Gasteiger partial charge in [-0.15, -0.1) is 0 Å². The van der Waals surface area contributed by atoms with Gasteiger partial charge in [0.15, 0.2) is 11.0 Å².